The van der Waals surface area contributed by atoms with Crippen molar-refractivity contribution in [1.29, 1.82) is 0 Å². The summed E-state index contributed by atoms with van der Waals surface area (Å²) in [5.41, 5.74) is 4.31. The average Bonchev–Trinajstić information content (AvgIpc) is 3.08. The summed E-state index contributed by atoms with van der Waals surface area (Å²) in [5.74, 6) is 0.640. The van der Waals surface area contributed by atoms with E-state index in [1.165, 1.54) is 29.5 Å². The molecule has 1 N–H and O–H groups in total. The molecular formula is C17H21NO. The zero-order valence-electron chi connectivity index (χ0n) is 11.4. The molecule has 0 saturated carbocycles. The molecule has 1 atom stereocenters. The largest absolute Gasteiger partial charge is 0.472 e. The minimum absolute atomic E-state index is 0.408. The lowest BCUT2D eigenvalue weighted by molar-refractivity contribution is 0.371. The molecule has 2 aromatic rings. The topological polar surface area (TPSA) is 25.2 Å². The van der Waals surface area contributed by atoms with Crippen LogP contribution in [-0.2, 0) is 12.8 Å². The van der Waals surface area contributed by atoms with Gasteiger partial charge in [-0.05, 0) is 48.9 Å². The minimum Gasteiger partial charge on any atom is -0.472 e. The van der Waals surface area contributed by atoms with E-state index in [-0.39, 0.29) is 0 Å². The van der Waals surface area contributed by atoms with Gasteiger partial charge in [0.25, 0.3) is 0 Å². The Bertz CT molecular complexity index is 493. The lowest BCUT2D eigenvalue weighted by Gasteiger charge is -2.23. The van der Waals surface area contributed by atoms with E-state index in [2.05, 4.69) is 42.6 Å². The fraction of sp³-hybridized carbons (Fsp3) is 0.412. The first kappa shape index (κ1) is 12.5. The Morgan fingerprint density at radius 2 is 1.95 bits per heavy atom. The third-order valence-corrected chi connectivity index (χ3v) is 4.07. The lowest BCUT2D eigenvalue weighted by atomic mass is 9.92. The fourth-order valence-corrected chi connectivity index (χ4v) is 3.14. The molecule has 2 heteroatoms. The van der Waals surface area contributed by atoms with Crippen LogP contribution in [0.15, 0.2) is 47.3 Å². The molecule has 0 spiro atoms. The quantitative estimate of drug-likeness (QED) is 0.880. The van der Waals surface area contributed by atoms with Gasteiger partial charge in [-0.3, -0.25) is 0 Å². The van der Waals surface area contributed by atoms with Crippen LogP contribution in [0.5, 0.6) is 0 Å². The van der Waals surface area contributed by atoms with E-state index in [0.29, 0.717) is 12.0 Å². The summed E-state index contributed by atoms with van der Waals surface area (Å²) in [6.45, 7) is 3.27. The zero-order chi connectivity index (χ0) is 13.1. The monoisotopic (exact) mass is 255 g/mol. The van der Waals surface area contributed by atoms with Crippen molar-refractivity contribution < 1.29 is 4.42 Å². The third kappa shape index (κ3) is 2.59. The predicted octanol–water partition coefficient (Wildman–Crippen LogP) is 3.74. The molecule has 1 aromatic carbocycles. The summed E-state index contributed by atoms with van der Waals surface area (Å²) in [4.78, 5) is 0. The van der Waals surface area contributed by atoms with Crippen molar-refractivity contribution >= 4 is 0 Å². The van der Waals surface area contributed by atoms with Crippen LogP contribution in [0, 0.1) is 5.92 Å². The maximum atomic E-state index is 5.27. The zero-order valence-corrected chi connectivity index (χ0v) is 11.4. The minimum atomic E-state index is 0.408. The molecule has 1 aliphatic carbocycles. The molecule has 2 nitrogen and oxygen atoms in total. The SMILES string of the molecule is CCCNC(c1ccoc1)C1Cc2ccccc2C1. The van der Waals surface area contributed by atoms with Crippen LogP contribution in [0.4, 0.5) is 0 Å². The number of hydrogen-bond donors (Lipinski definition) is 1. The Labute approximate surface area is 114 Å². The summed E-state index contributed by atoms with van der Waals surface area (Å²) in [7, 11) is 0. The average molecular weight is 255 g/mol. The molecule has 0 aliphatic heterocycles. The lowest BCUT2D eigenvalue weighted by Crippen LogP contribution is -2.29. The van der Waals surface area contributed by atoms with Crippen molar-refractivity contribution in [2.24, 2.45) is 5.92 Å². The van der Waals surface area contributed by atoms with Gasteiger partial charge in [0.2, 0.25) is 0 Å². The van der Waals surface area contributed by atoms with E-state index in [1.54, 1.807) is 6.26 Å². The molecule has 19 heavy (non-hydrogen) atoms. The van der Waals surface area contributed by atoms with Crippen LogP contribution in [-0.4, -0.2) is 6.54 Å². The highest BCUT2D eigenvalue weighted by Crippen LogP contribution is 2.35. The molecule has 0 radical (unpaired) electrons. The molecular weight excluding hydrogens is 234 g/mol. The number of rotatable bonds is 5. The second-order valence-corrected chi connectivity index (χ2v) is 5.43. The summed E-state index contributed by atoms with van der Waals surface area (Å²) in [5, 5.41) is 3.69. The summed E-state index contributed by atoms with van der Waals surface area (Å²) < 4.78 is 5.27. The molecule has 1 aromatic heterocycles. The van der Waals surface area contributed by atoms with Crippen LogP contribution in [0.25, 0.3) is 0 Å². The number of benzene rings is 1. The van der Waals surface area contributed by atoms with Crippen molar-refractivity contribution in [1.82, 2.24) is 5.32 Å². The third-order valence-electron chi connectivity index (χ3n) is 4.07. The first-order valence-electron chi connectivity index (χ1n) is 7.20. The first-order chi connectivity index (χ1) is 9.38. The molecule has 3 rings (SSSR count). The van der Waals surface area contributed by atoms with Crippen LogP contribution >= 0.6 is 0 Å². The molecule has 0 fully saturated rings. The van der Waals surface area contributed by atoms with E-state index in [4.69, 9.17) is 4.42 Å². The second kappa shape index (κ2) is 5.62. The summed E-state index contributed by atoms with van der Waals surface area (Å²) in [6, 6.07) is 11.3. The van der Waals surface area contributed by atoms with Gasteiger partial charge in [0.1, 0.15) is 0 Å². The van der Waals surface area contributed by atoms with Gasteiger partial charge in [-0.1, -0.05) is 31.2 Å². The van der Waals surface area contributed by atoms with Gasteiger partial charge in [-0.25, -0.2) is 0 Å². The van der Waals surface area contributed by atoms with Crippen molar-refractivity contribution in [2.45, 2.75) is 32.2 Å². The molecule has 0 saturated heterocycles. The molecule has 100 valence electrons. The number of nitrogens with one attached hydrogen (secondary N) is 1. The number of hydrogen-bond acceptors (Lipinski definition) is 2. The number of fused-ring (bicyclic) bond motifs is 1. The second-order valence-electron chi connectivity index (χ2n) is 5.43. The van der Waals surface area contributed by atoms with Gasteiger partial charge in [-0.15, -0.1) is 0 Å². The van der Waals surface area contributed by atoms with Crippen LogP contribution < -0.4 is 5.32 Å². The first-order valence-corrected chi connectivity index (χ1v) is 7.20. The van der Waals surface area contributed by atoms with Gasteiger partial charge in [0, 0.05) is 11.6 Å². The van der Waals surface area contributed by atoms with Crippen LogP contribution in [0.1, 0.15) is 36.1 Å². The highest BCUT2D eigenvalue weighted by Gasteiger charge is 2.29. The Morgan fingerprint density at radius 3 is 2.53 bits per heavy atom. The predicted molar refractivity (Wildman–Crippen MR) is 77.1 cm³/mol. The Balaban J connectivity index is 1.79. The summed E-state index contributed by atoms with van der Waals surface area (Å²) in [6.07, 6.45) is 7.16. The highest BCUT2D eigenvalue weighted by atomic mass is 16.3. The number of furan rings is 1. The van der Waals surface area contributed by atoms with Crippen LogP contribution in [0.2, 0.25) is 0 Å². The smallest absolute Gasteiger partial charge is 0.0950 e. The van der Waals surface area contributed by atoms with E-state index in [1.807, 2.05) is 6.26 Å². The Hall–Kier alpha value is -1.54. The van der Waals surface area contributed by atoms with Gasteiger partial charge in [-0.2, -0.15) is 0 Å². The molecule has 1 unspecified atom stereocenters. The van der Waals surface area contributed by atoms with Crippen molar-refractivity contribution in [3.8, 4) is 0 Å². The standard InChI is InChI=1S/C17H21NO/c1-2-8-18-17(15-7-9-19-12-15)16-10-13-5-3-4-6-14(13)11-16/h3-7,9,12,16-18H,2,8,10-11H2,1H3. The Morgan fingerprint density at radius 1 is 1.21 bits per heavy atom. The van der Waals surface area contributed by atoms with E-state index < -0.39 is 0 Å². The summed E-state index contributed by atoms with van der Waals surface area (Å²) >= 11 is 0. The van der Waals surface area contributed by atoms with Crippen LogP contribution in [0.3, 0.4) is 0 Å². The van der Waals surface area contributed by atoms with E-state index in [9.17, 15) is 0 Å². The molecule has 1 aliphatic rings. The Kier molecular flexibility index (Phi) is 3.69. The molecule has 1 heterocycles. The molecule has 0 amide bonds. The van der Waals surface area contributed by atoms with E-state index in [0.717, 1.165) is 13.0 Å². The van der Waals surface area contributed by atoms with Gasteiger partial charge in [0.15, 0.2) is 0 Å². The van der Waals surface area contributed by atoms with Crippen molar-refractivity contribution in [2.75, 3.05) is 6.54 Å². The maximum Gasteiger partial charge on any atom is 0.0950 e. The highest BCUT2D eigenvalue weighted by molar-refractivity contribution is 5.33. The fourth-order valence-electron chi connectivity index (χ4n) is 3.14. The van der Waals surface area contributed by atoms with E-state index >= 15 is 0 Å². The normalized spacial score (nSPS) is 16.5. The van der Waals surface area contributed by atoms with Crippen molar-refractivity contribution in [3.63, 3.8) is 0 Å². The maximum absolute atomic E-state index is 5.27. The van der Waals surface area contributed by atoms with Crippen molar-refractivity contribution in [3.05, 3.63) is 59.5 Å². The van der Waals surface area contributed by atoms with Gasteiger partial charge < -0.3 is 9.73 Å². The van der Waals surface area contributed by atoms with Gasteiger partial charge in [0.05, 0.1) is 12.5 Å². The van der Waals surface area contributed by atoms with Gasteiger partial charge >= 0.3 is 0 Å². The molecule has 0 bridgehead atoms.